The first kappa shape index (κ1) is 15.0. The Hall–Kier alpha value is -1.39. The lowest BCUT2D eigenvalue weighted by Crippen LogP contribution is -2.43. The fraction of sp³-hybridized carbons (Fsp3) is 0.562. The average molecular weight is 275 g/mol. The smallest absolute Gasteiger partial charge is 0.239 e. The topological polar surface area (TPSA) is 49.6 Å². The van der Waals surface area contributed by atoms with E-state index in [0.717, 1.165) is 32.6 Å². The van der Waals surface area contributed by atoms with Crippen molar-refractivity contribution in [2.24, 2.45) is 5.73 Å². The highest BCUT2D eigenvalue weighted by atomic mass is 16.2. The van der Waals surface area contributed by atoms with Crippen molar-refractivity contribution in [1.29, 1.82) is 0 Å². The monoisotopic (exact) mass is 275 g/mol. The molecule has 20 heavy (non-hydrogen) atoms. The number of hydrogen-bond acceptors (Lipinski definition) is 3. The number of carbonyl (C=O) groups excluding carboxylic acids is 1. The molecule has 1 aliphatic heterocycles. The summed E-state index contributed by atoms with van der Waals surface area (Å²) in [4.78, 5) is 16.4. The van der Waals surface area contributed by atoms with Gasteiger partial charge in [-0.1, -0.05) is 30.3 Å². The minimum absolute atomic E-state index is 0.0683. The molecule has 2 N–H and O–H groups in total. The molecule has 1 fully saturated rings. The first-order chi connectivity index (χ1) is 9.58. The highest BCUT2D eigenvalue weighted by molar-refractivity contribution is 5.81. The van der Waals surface area contributed by atoms with Crippen molar-refractivity contribution in [1.82, 2.24) is 9.80 Å². The highest BCUT2D eigenvalue weighted by Gasteiger charge is 2.24. The van der Waals surface area contributed by atoms with Gasteiger partial charge in [-0.15, -0.1) is 0 Å². The Labute approximate surface area is 121 Å². The Morgan fingerprint density at radius 3 is 2.65 bits per heavy atom. The van der Waals surface area contributed by atoms with E-state index in [4.69, 9.17) is 5.73 Å². The van der Waals surface area contributed by atoms with Gasteiger partial charge in [0.15, 0.2) is 0 Å². The zero-order valence-corrected chi connectivity index (χ0v) is 12.5. The van der Waals surface area contributed by atoms with Crippen molar-refractivity contribution in [2.45, 2.75) is 38.9 Å². The summed E-state index contributed by atoms with van der Waals surface area (Å²) in [7, 11) is 0. The van der Waals surface area contributed by atoms with Gasteiger partial charge < -0.3 is 10.6 Å². The standard InChI is InChI=1S/C16H25N3O/c1-13-8-9-18(16(20)14(2)17)10-11-19(13)12-15-6-4-3-5-7-15/h3-7,13-14H,8-12,17H2,1-2H3. The third-order valence-electron chi connectivity index (χ3n) is 4.03. The molecule has 2 unspecified atom stereocenters. The van der Waals surface area contributed by atoms with E-state index in [0.29, 0.717) is 6.04 Å². The Morgan fingerprint density at radius 2 is 2.00 bits per heavy atom. The molecule has 1 saturated heterocycles. The predicted molar refractivity (Wildman–Crippen MR) is 81.2 cm³/mol. The lowest BCUT2D eigenvalue weighted by molar-refractivity contribution is -0.132. The zero-order chi connectivity index (χ0) is 14.5. The Morgan fingerprint density at radius 1 is 1.30 bits per heavy atom. The third-order valence-corrected chi connectivity index (χ3v) is 4.03. The maximum absolute atomic E-state index is 12.0. The maximum atomic E-state index is 12.0. The lowest BCUT2D eigenvalue weighted by Gasteiger charge is -2.26. The van der Waals surface area contributed by atoms with Crippen LogP contribution in [0.2, 0.25) is 0 Å². The first-order valence-corrected chi connectivity index (χ1v) is 7.40. The Kier molecular flexibility index (Phi) is 5.15. The van der Waals surface area contributed by atoms with Crippen LogP contribution in [0.15, 0.2) is 30.3 Å². The van der Waals surface area contributed by atoms with Crippen molar-refractivity contribution in [3.05, 3.63) is 35.9 Å². The van der Waals surface area contributed by atoms with Gasteiger partial charge in [-0.25, -0.2) is 0 Å². The van der Waals surface area contributed by atoms with Crippen LogP contribution in [0.1, 0.15) is 25.8 Å². The molecule has 1 aromatic carbocycles. The van der Waals surface area contributed by atoms with Crippen LogP contribution >= 0.6 is 0 Å². The molecular formula is C16H25N3O. The first-order valence-electron chi connectivity index (χ1n) is 7.40. The van der Waals surface area contributed by atoms with E-state index >= 15 is 0 Å². The predicted octanol–water partition coefficient (Wildman–Crippen LogP) is 1.46. The molecule has 2 rings (SSSR count). The SMILES string of the molecule is CC(N)C(=O)N1CCC(C)N(Cc2ccccc2)CC1. The van der Waals surface area contributed by atoms with E-state index in [-0.39, 0.29) is 5.91 Å². The quantitative estimate of drug-likeness (QED) is 0.908. The second kappa shape index (κ2) is 6.86. The van der Waals surface area contributed by atoms with E-state index < -0.39 is 6.04 Å². The van der Waals surface area contributed by atoms with Crippen LogP contribution in [0.4, 0.5) is 0 Å². The van der Waals surface area contributed by atoms with E-state index in [2.05, 4.69) is 36.1 Å². The minimum Gasteiger partial charge on any atom is -0.340 e. The van der Waals surface area contributed by atoms with Crippen molar-refractivity contribution >= 4 is 5.91 Å². The molecule has 0 radical (unpaired) electrons. The molecule has 0 spiro atoms. The number of rotatable bonds is 3. The van der Waals surface area contributed by atoms with E-state index in [1.807, 2.05) is 11.0 Å². The molecule has 0 aliphatic carbocycles. The van der Waals surface area contributed by atoms with Crippen LogP contribution in [0.25, 0.3) is 0 Å². The van der Waals surface area contributed by atoms with Gasteiger partial charge in [0, 0.05) is 32.2 Å². The fourth-order valence-electron chi connectivity index (χ4n) is 2.67. The highest BCUT2D eigenvalue weighted by Crippen LogP contribution is 2.15. The summed E-state index contributed by atoms with van der Waals surface area (Å²) in [6, 6.07) is 10.6. The summed E-state index contributed by atoms with van der Waals surface area (Å²) in [5.74, 6) is 0.0683. The Balaban J connectivity index is 1.97. The van der Waals surface area contributed by atoms with E-state index in [1.165, 1.54) is 5.56 Å². The molecular weight excluding hydrogens is 250 g/mol. The molecule has 4 heteroatoms. The second-order valence-electron chi connectivity index (χ2n) is 5.71. The zero-order valence-electron chi connectivity index (χ0n) is 12.5. The molecule has 1 aromatic rings. The number of hydrogen-bond donors (Lipinski definition) is 1. The van der Waals surface area contributed by atoms with Crippen molar-refractivity contribution in [2.75, 3.05) is 19.6 Å². The van der Waals surface area contributed by atoms with Crippen LogP contribution in [0.5, 0.6) is 0 Å². The summed E-state index contributed by atoms with van der Waals surface area (Å²) >= 11 is 0. The van der Waals surface area contributed by atoms with Gasteiger partial charge in [0.05, 0.1) is 6.04 Å². The molecule has 0 saturated carbocycles. The van der Waals surface area contributed by atoms with Gasteiger partial charge in [-0.05, 0) is 25.8 Å². The third kappa shape index (κ3) is 3.81. The molecule has 110 valence electrons. The largest absolute Gasteiger partial charge is 0.340 e. The number of nitrogens with two attached hydrogens (primary N) is 1. The minimum atomic E-state index is -0.397. The molecule has 1 aliphatic rings. The molecule has 1 amide bonds. The fourth-order valence-corrected chi connectivity index (χ4v) is 2.67. The van der Waals surface area contributed by atoms with Crippen LogP contribution in [0.3, 0.4) is 0 Å². The summed E-state index contributed by atoms with van der Waals surface area (Å²) < 4.78 is 0. The number of nitrogens with zero attached hydrogens (tertiary/aromatic N) is 2. The van der Waals surface area contributed by atoms with Gasteiger partial charge in [-0.2, -0.15) is 0 Å². The number of amides is 1. The van der Waals surface area contributed by atoms with Gasteiger partial charge in [0.25, 0.3) is 0 Å². The normalized spacial score (nSPS) is 22.4. The summed E-state index contributed by atoms with van der Waals surface area (Å²) in [5, 5.41) is 0. The van der Waals surface area contributed by atoms with Crippen LogP contribution in [-0.2, 0) is 11.3 Å². The molecule has 0 bridgehead atoms. The van der Waals surface area contributed by atoms with Crippen LogP contribution in [0, 0.1) is 0 Å². The molecule has 0 aromatic heterocycles. The van der Waals surface area contributed by atoms with Crippen LogP contribution in [-0.4, -0.2) is 47.4 Å². The van der Waals surface area contributed by atoms with Gasteiger partial charge >= 0.3 is 0 Å². The summed E-state index contributed by atoms with van der Waals surface area (Å²) in [6.45, 7) is 7.45. The maximum Gasteiger partial charge on any atom is 0.239 e. The van der Waals surface area contributed by atoms with Gasteiger partial charge in [0.2, 0.25) is 5.91 Å². The Bertz CT molecular complexity index is 433. The van der Waals surface area contributed by atoms with Crippen molar-refractivity contribution in [3.63, 3.8) is 0 Å². The van der Waals surface area contributed by atoms with Crippen molar-refractivity contribution in [3.8, 4) is 0 Å². The summed E-state index contributed by atoms with van der Waals surface area (Å²) in [5.41, 5.74) is 7.03. The molecule has 1 heterocycles. The summed E-state index contributed by atoms with van der Waals surface area (Å²) in [6.07, 6.45) is 1.01. The van der Waals surface area contributed by atoms with Crippen LogP contribution < -0.4 is 5.73 Å². The lowest BCUT2D eigenvalue weighted by atomic mass is 10.1. The molecule has 2 atom stereocenters. The van der Waals surface area contributed by atoms with Gasteiger partial charge in [-0.3, -0.25) is 9.69 Å². The number of benzene rings is 1. The average Bonchev–Trinajstić information content (AvgIpc) is 2.62. The number of carbonyl (C=O) groups is 1. The van der Waals surface area contributed by atoms with E-state index in [1.54, 1.807) is 6.92 Å². The van der Waals surface area contributed by atoms with Crippen molar-refractivity contribution < 1.29 is 4.79 Å². The van der Waals surface area contributed by atoms with Gasteiger partial charge in [0.1, 0.15) is 0 Å². The van der Waals surface area contributed by atoms with E-state index in [9.17, 15) is 4.79 Å². The second-order valence-corrected chi connectivity index (χ2v) is 5.71. The molecule has 4 nitrogen and oxygen atoms in total.